The van der Waals surface area contributed by atoms with Crippen LogP contribution >= 0.6 is 15.9 Å². The molecule has 1 atom stereocenters. The van der Waals surface area contributed by atoms with Crippen molar-refractivity contribution in [2.45, 2.75) is 13.3 Å². The zero-order valence-corrected chi connectivity index (χ0v) is 10.8. The maximum atomic E-state index is 10.9. The molecule has 17 heavy (non-hydrogen) atoms. The van der Waals surface area contributed by atoms with Gasteiger partial charge in [-0.3, -0.25) is 4.90 Å². The summed E-state index contributed by atoms with van der Waals surface area (Å²) in [4.78, 5) is 11.9. The van der Waals surface area contributed by atoms with E-state index in [2.05, 4.69) is 28.9 Å². The van der Waals surface area contributed by atoms with Gasteiger partial charge in [-0.15, -0.1) is 0 Å². The van der Waals surface area contributed by atoms with Crippen LogP contribution in [-0.4, -0.2) is 16.1 Å². The van der Waals surface area contributed by atoms with Gasteiger partial charge in [0, 0.05) is 10.1 Å². The fourth-order valence-electron chi connectivity index (χ4n) is 1.69. The highest BCUT2D eigenvalue weighted by Gasteiger charge is 2.20. The Labute approximate surface area is 108 Å². The standard InChI is InChI=1S/C12H12BrNO3/c1-8-2-3-10(13)9(6-8)11-7-14(12(15)16)4-5-17-11/h2-5,7-8H,6H2,1H3,(H,15,16). The molecule has 2 rings (SSSR count). The van der Waals surface area contributed by atoms with Crippen molar-refractivity contribution in [2.75, 3.05) is 0 Å². The van der Waals surface area contributed by atoms with Gasteiger partial charge < -0.3 is 9.84 Å². The third kappa shape index (κ3) is 2.61. The fourth-order valence-corrected chi connectivity index (χ4v) is 2.20. The maximum Gasteiger partial charge on any atom is 0.415 e. The van der Waals surface area contributed by atoms with E-state index in [4.69, 9.17) is 9.84 Å². The van der Waals surface area contributed by atoms with Gasteiger partial charge in [-0.05, 0) is 12.3 Å². The molecule has 1 N–H and O–H groups in total. The molecule has 1 heterocycles. The summed E-state index contributed by atoms with van der Waals surface area (Å²) >= 11 is 3.46. The summed E-state index contributed by atoms with van der Waals surface area (Å²) < 4.78 is 6.30. The molecule has 2 aliphatic rings. The van der Waals surface area contributed by atoms with Gasteiger partial charge in [0.15, 0.2) is 0 Å². The van der Waals surface area contributed by atoms with E-state index >= 15 is 0 Å². The SMILES string of the molecule is CC1C=CC(Br)=C(C2=CN(C(=O)O)C=CO2)C1. The number of rotatable bonds is 1. The molecule has 0 spiro atoms. The molecule has 1 aliphatic carbocycles. The molecular weight excluding hydrogens is 286 g/mol. The van der Waals surface area contributed by atoms with Crippen molar-refractivity contribution < 1.29 is 14.6 Å². The highest BCUT2D eigenvalue weighted by atomic mass is 79.9. The number of carbonyl (C=O) groups is 1. The van der Waals surface area contributed by atoms with Crippen molar-refractivity contribution in [1.29, 1.82) is 0 Å². The zero-order valence-electron chi connectivity index (χ0n) is 9.26. The summed E-state index contributed by atoms with van der Waals surface area (Å²) in [6, 6.07) is 0. The van der Waals surface area contributed by atoms with Gasteiger partial charge in [0.2, 0.25) is 0 Å². The first-order valence-electron chi connectivity index (χ1n) is 5.21. The first-order chi connectivity index (χ1) is 8.08. The number of amides is 1. The molecular formula is C12H12BrNO3. The molecule has 1 amide bonds. The van der Waals surface area contributed by atoms with E-state index in [1.54, 1.807) is 0 Å². The van der Waals surface area contributed by atoms with Gasteiger partial charge in [0.05, 0.1) is 12.4 Å². The number of nitrogens with zero attached hydrogens (tertiary/aromatic N) is 1. The fraction of sp³-hybridized carbons (Fsp3) is 0.250. The zero-order chi connectivity index (χ0) is 12.4. The molecule has 0 saturated heterocycles. The number of hydrogen-bond acceptors (Lipinski definition) is 2. The molecule has 0 aromatic rings. The molecule has 0 bridgehead atoms. The lowest BCUT2D eigenvalue weighted by Gasteiger charge is -2.22. The van der Waals surface area contributed by atoms with E-state index in [0.29, 0.717) is 11.7 Å². The molecule has 0 aromatic heterocycles. The van der Waals surface area contributed by atoms with Crippen LogP contribution < -0.4 is 0 Å². The number of allylic oxidation sites excluding steroid dienone is 4. The predicted octanol–water partition coefficient (Wildman–Crippen LogP) is 3.55. The van der Waals surface area contributed by atoms with Crippen LogP contribution in [0, 0.1) is 5.92 Å². The Hall–Kier alpha value is -1.49. The van der Waals surface area contributed by atoms with E-state index in [1.807, 2.05) is 6.08 Å². The third-order valence-corrected chi connectivity index (χ3v) is 3.32. The first-order valence-corrected chi connectivity index (χ1v) is 6.01. The molecule has 1 aliphatic heterocycles. The Balaban J connectivity index is 2.29. The smallest absolute Gasteiger partial charge is 0.415 e. The normalized spacial score (nSPS) is 23.5. The summed E-state index contributed by atoms with van der Waals surface area (Å²) in [7, 11) is 0. The van der Waals surface area contributed by atoms with E-state index in [-0.39, 0.29) is 0 Å². The Kier molecular flexibility index (Phi) is 3.38. The highest BCUT2D eigenvalue weighted by molar-refractivity contribution is 9.11. The van der Waals surface area contributed by atoms with Crippen molar-refractivity contribution in [3.8, 4) is 0 Å². The minimum atomic E-state index is -1.03. The molecule has 0 fully saturated rings. The van der Waals surface area contributed by atoms with Crippen LogP contribution in [0.3, 0.4) is 0 Å². The molecule has 1 unspecified atom stereocenters. The van der Waals surface area contributed by atoms with Crippen LogP contribution in [0.2, 0.25) is 0 Å². The number of halogens is 1. The Morgan fingerprint density at radius 1 is 1.65 bits per heavy atom. The monoisotopic (exact) mass is 297 g/mol. The molecule has 5 heteroatoms. The van der Waals surface area contributed by atoms with Crippen LogP contribution in [-0.2, 0) is 4.74 Å². The van der Waals surface area contributed by atoms with Gasteiger partial charge in [-0.1, -0.05) is 35.0 Å². The molecule has 0 radical (unpaired) electrons. The minimum Gasteiger partial charge on any atom is -0.464 e. The number of carboxylic acid groups (broad SMARTS) is 1. The van der Waals surface area contributed by atoms with Crippen molar-refractivity contribution in [2.24, 2.45) is 5.92 Å². The van der Waals surface area contributed by atoms with Crippen LogP contribution in [0.15, 0.2) is 46.6 Å². The maximum absolute atomic E-state index is 10.9. The van der Waals surface area contributed by atoms with Crippen molar-refractivity contribution in [3.05, 3.63) is 46.6 Å². The molecule has 0 aromatic carbocycles. The van der Waals surface area contributed by atoms with Gasteiger partial charge in [-0.25, -0.2) is 4.79 Å². The Bertz CT molecular complexity index is 462. The largest absolute Gasteiger partial charge is 0.464 e. The lowest BCUT2D eigenvalue weighted by Crippen LogP contribution is -2.21. The van der Waals surface area contributed by atoms with Crippen LogP contribution in [0.1, 0.15) is 13.3 Å². The van der Waals surface area contributed by atoms with E-state index < -0.39 is 6.09 Å². The number of ether oxygens (including phenoxy) is 1. The molecule has 90 valence electrons. The summed E-state index contributed by atoms with van der Waals surface area (Å²) in [5.41, 5.74) is 0.982. The minimum absolute atomic E-state index is 0.417. The van der Waals surface area contributed by atoms with E-state index in [1.165, 1.54) is 18.7 Å². The van der Waals surface area contributed by atoms with Crippen molar-refractivity contribution >= 4 is 22.0 Å². The Morgan fingerprint density at radius 2 is 2.41 bits per heavy atom. The van der Waals surface area contributed by atoms with E-state index in [0.717, 1.165) is 21.4 Å². The van der Waals surface area contributed by atoms with Crippen molar-refractivity contribution in [3.63, 3.8) is 0 Å². The van der Waals surface area contributed by atoms with Gasteiger partial charge in [-0.2, -0.15) is 0 Å². The second-order valence-electron chi connectivity index (χ2n) is 3.95. The first kappa shape index (κ1) is 12.0. The second-order valence-corrected chi connectivity index (χ2v) is 4.81. The molecule has 0 saturated carbocycles. The summed E-state index contributed by atoms with van der Waals surface area (Å²) in [5.74, 6) is 0.984. The quantitative estimate of drug-likeness (QED) is 0.805. The molecule has 4 nitrogen and oxygen atoms in total. The van der Waals surface area contributed by atoms with E-state index in [9.17, 15) is 4.79 Å². The lowest BCUT2D eigenvalue weighted by atomic mass is 9.95. The topological polar surface area (TPSA) is 49.8 Å². The number of hydrogen-bond donors (Lipinski definition) is 1. The average Bonchev–Trinajstić information content (AvgIpc) is 2.32. The van der Waals surface area contributed by atoms with Gasteiger partial charge >= 0.3 is 6.09 Å². The summed E-state index contributed by atoms with van der Waals surface area (Å²) in [5, 5.41) is 8.91. The lowest BCUT2D eigenvalue weighted by molar-refractivity contribution is 0.170. The second kappa shape index (κ2) is 4.79. The van der Waals surface area contributed by atoms with Crippen LogP contribution in [0.25, 0.3) is 0 Å². The predicted molar refractivity (Wildman–Crippen MR) is 67.0 cm³/mol. The summed E-state index contributed by atoms with van der Waals surface area (Å²) in [6.07, 6.45) is 8.08. The summed E-state index contributed by atoms with van der Waals surface area (Å²) in [6.45, 7) is 2.10. The average molecular weight is 298 g/mol. The Morgan fingerprint density at radius 3 is 3.12 bits per heavy atom. The highest BCUT2D eigenvalue weighted by Crippen LogP contribution is 2.33. The third-order valence-electron chi connectivity index (χ3n) is 2.58. The van der Waals surface area contributed by atoms with Crippen LogP contribution in [0.5, 0.6) is 0 Å². The van der Waals surface area contributed by atoms with Crippen LogP contribution in [0.4, 0.5) is 4.79 Å². The van der Waals surface area contributed by atoms with Gasteiger partial charge in [0.1, 0.15) is 12.0 Å². The van der Waals surface area contributed by atoms with Crippen molar-refractivity contribution in [1.82, 2.24) is 4.90 Å². The van der Waals surface area contributed by atoms with Gasteiger partial charge in [0.25, 0.3) is 0 Å².